The van der Waals surface area contributed by atoms with Gasteiger partial charge in [0.2, 0.25) is 15.9 Å². The lowest BCUT2D eigenvalue weighted by molar-refractivity contribution is -0.138. The number of carbonyl (C=O) groups is 1. The van der Waals surface area contributed by atoms with Gasteiger partial charge in [-0.15, -0.1) is 0 Å². The van der Waals surface area contributed by atoms with Crippen molar-refractivity contribution in [3.63, 3.8) is 0 Å². The third-order valence-corrected chi connectivity index (χ3v) is 9.06. The molecule has 2 heterocycles. The van der Waals surface area contributed by atoms with E-state index in [-0.39, 0.29) is 40.1 Å². The maximum atomic E-state index is 13.2. The van der Waals surface area contributed by atoms with Gasteiger partial charge in [-0.05, 0) is 58.6 Å². The summed E-state index contributed by atoms with van der Waals surface area (Å²) < 4.78 is 33.5. The minimum absolute atomic E-state index is 0.0438. The molecule has 1 atom stereocenters. The summed E-state index contributed by atoms with van der Waals surface area (Å²) in [6.07, 6.45) is 2.50. The summed E-state index contributed by atoms with van der Waals surface area (Å²) in [5, 5.41) is 0.204. The van der Waals surface area contributed by atoms with E-state index < -0.39 is 10.0 Å². The quantitative estimate of drug-likeness (QED) is 0.471. The second-order valence-electron chi connectivity index (χ2n) is 8.86. The van der Waals surface area contributed by atoms with Gasteiger partial charge in [0.15, 0.2) is 0 Å². The Kier molecular flexibility index (Phi) is 9.82. The Balaban J connectivity index is 1.46. The van der Waals surface area contributed by atoms with Crippen molar-refractivity contribution in [3.8, 4) is 0 Å². The van der Waals surface area contributed by atoms with E-state index in [1.807, 2.05) is 4.90 Å². The fraction of sp³-hybridized carbons (Fsp3) is 0.682. The number of nitrogens with zero attached hydrogens (tertiary/aromatic N) is 4. The van der Waals surface area contributed by atoms with Crippen molar-refractivity contribution in [2.75, 3.05) is 73.1 Å². The van der Waals surface area contributed by atoms with Gasteiger partial charge in [-0.3, -0.25) is 9.69 Å². The average molecular weight is 522 g/mol. The summed E-state index contributed by atoms with van der Waals surface area (Å²) >= 11 is 12.3. The van der Waals surface area contributed by atoms with Crippen molar-refractivity contribution < 1.29 is 17.9 Å². The molecule has 3 rings (SSSR count). The first-order valence-corrected chi connectivity index (χ1v) is 13.6. The van der Waals surface area contributed by atoms with E-state index in [2.05, 4.69) is 23.9 Å². The minimum atomic E-state index is -3.85. The third kappa shape index (κ3) is 7.04. The molecule has 0 saturated carbocycles. The number of carbonyl (C=O) groups excluding carboxylic acids is 1. The molecule has 2 saturated heterocycles. The predicted octanol–water partition coefficient (Wildman–Crippen LogP) is 2.26. The summed E-state index contributed by atoms with van der Waals surface area (Å²) in [5.74, 6) is -0.0514. The molecular formula is C22H34Cl2N4O4S. The molecule has 1 aromatic carbocycles. The van der Waals surface area contributed by atoms with Gasteiger partial charge < -0.3 is 14.5 Å². The monoisotopic (exact) mass is 520 g/mol. The smallest absolute Gasteiger partial charge is 0.248 e. The first-order chi connectivity index (χ1) is 15.7. The van der Waals surface area contributed by atoms with Gasteiger partial charge in [0.1, 0.15) is 11.5 Å². The molecule has 2 fully saturated rings. The zero-order valence-electron chi connectivity index (χ0n) is 19.4. The Labute approximate surface area is 207 Å². The predicted molar refractivity (Wildman–Crippen MR) is 130 cm³/mol. The van der Waals surface area contributed by atoms with Crippen molar-refractivity contribution in [1.82, 2.24) is 19.0 Å². The van der Waals surface area contributed by atoms with E-state index in [9.17, 15) is 13.2 Å². The molecule has 1 amide bonds. The van der Waals surface area contributed by atoms with Gasteiger partial charge in [0, 0.05) is 38.8 Å². The molecule has 0 bridgehead atoms. The number of amides is 1. The first kappa shape index (κ1) is 26.7. The lowest BCUT2D eigenvalue weighted by Gasteiger charge is -2.35. The highest BCUT2D eigenvalue weighted by atomic mass is 35.5. The van der Waals surface area contributed by atoms with E-state index in [4.69, 9.17) is 27.9 Å². The van der Waals surface area contributed by atoms with E-state index >= 15 is 0 Å². The van der Waals surface area contributed by atoms with Crippen molar-refractivity contribution in [2.24, 2.45) is 0 Å². The molecule has 2 aliphatic heterocycles. The average Bonchev–Trinajstić information content (AvgIpc) is 3.23. The Morgan fingerprint density at radius 1 is 1.12 bits per heavy atom. The molecule has 11 heteroatoms. The molecule has 0 radical (unpaired) electrons. The van der Waals surface area contributed by atoms with Crippen molar-refractivity contribution >= 4 is 39.1 Å². The van der Waals surface area contributed by atoms with Crippen LogP contribution < -0.4 is 0 Å². The van der Waals surface area contributed by atoms with Crippen LogP contribution in [0.5, 0.6) is 0 Å². The Morgan fingerprint density at radius 2 is 1.79 bits per heavy atom. The third-order valence-electron chi connectivity index (χ3n) is 6.15. The summed E-state index contributed by atoms with van der Waals surface area (Å²) in [6.45, 7) is 5.72. The number of rotatable bonds is 10. The molecule has 0 spiro atoms. The Hall–Kier alpha value is -0.940. The van der Waals surface area contributed by atoms with E-state index in [0.717, 1.165) is 39.0 Å². The molecule has 33 heavy (non-hydrogen) atoms. The maximum absolute atomic E-state index is 13.2. The molecule has 8 nitrogen and oxygen atoms in total. The largest absolute Gasteiger partial charge is 0.370 e. The standard InChI is InChI=1S/C22H34Cl2N4O4S/c1-25(2)9-5-10-26-12-14-27(15-13-26)21(29)17-32-16-18-6-4-11-28(18)33(30,31)22-19(23)7-3-8-20(22)24/h3,7-8,18H,4-6,9-17H2,1-2H3. The SMILES string of the molecule is CN(C)CCCN1CCN(C(=O)COCC2CCCN2S(=O)(=O)c2c(Cl)cccc2Cl)CC1. The number of ether oxygens (including phenoxy) is 1. The molecular weight excluding hydrogens is 487 g/mol. The summed E-state index contributed by atoms with van der Waals surface area (Å²) in [7, 11) is 0.290. The van der Waals surface area contributed by atoms with Crippen LogP contribution in [0, 0.1) is 0 Å². The second kappa shape index (κ2) is 12.2. The molecule has 186 valence electrons. The van der Waals surface area contributed by atoms with E-state index in [0.29, 0.717) is 26.1 Å². The normalized spacial score (nSPS) is 20.6. The molecule has 1 unspecified atom stereocenters. The van der Waals surface area contributed by atoms with Crippen LogP contribution in [0.2, 0.25) is 10.0 Å². The van der Waals surface area contributed by atoms with Crippen LogP contribution in [-0.4, -0.2) is 112 Å². The molecule has 1 aromatic rings. The first-order valence-electron chi connectivity index (χ1n) is 11.4. The highest BCUT2D eigenvalue weighted by Crippen LogP contribution is 2.34. The summed E-state index contributed by atoms with van der Waals surface area (Å²) in [5.41, 5.74) is 0. The van der Waals surface area contributed by atoms with Gasteiger partial charge in [-0.2, -0.15) is 4.31 Å². The van der Waals surface area contributed by atoms with Gasteiger partial charge in [-0.1, -0.05) is 29.3 Å². The van der Waals surface area contributed by atoms with Crippen LogP contribution in [0.3, 0.4) is 0 Å². The van der Waals surface area contributed by atoms with Crippen LogP contribution in [0.25, 0.3) is 0 Å². The summed E-state index contributed by atoms with van der Waals surface area (Å²) in [6, 6.07) is 4.30. The van der Waals surface area contributed by atoms with Crippen molar-refractivity contribution in [1.29, 1.82) is 0 Å². The zero-order valence-corrected chi connectivity index (χ0v) is 21.7. The number of benzene rings is 1. The van der Waals surface area contributed by atoms with Gasteiger partial charge in [-0.25, -0.2) is 8.42 Å². The fourth-order valence-corrected chi connectivity index (χ4v) is 7.12. The molecule has 0 aromatic heterocycles. The second-order valence-corrected chi connectivity index (χ2v) is 11.5. The number of sulfonamides is 1. The fourth-order valence-electron chi connectivity index (χ4n) is 4.34. The lowest BCUT2D eigenvalue weighted by atomic mass is 10.2. The van der Waals surface area contributed by atoms with Gasteiger partial charge >= 0.3 is 0 Å². The Morgan fingerprint density at radius 3 is 2.42 bits per heavy atom. The van der Waals surface area contributed by atoms with Crippen LogP contribution in [0.15, 0.2) is 23.1 Å². The lowest BCUT2D eigenvalue weighted by Crippen LogP contribution is -2.50. The number of hydrogen-bond acceptors (Lipinski definition) is 6. The zero-order chi connectivity index (χ0) is 24.0. The topological polar surface area (TPSA) is 73.4 Å². The number of halogens is 2. The van der Waals surface area contributed by atoms with Crippen molar-refractivity contribution in [3.05, 3.63) is 28.2 Å². The minimum Gasteiger partial charge on any atom is -0.370 e. The highest BCUT2D eigenvalue weighted by Gasteiger charge is 2.37. The summed E-state index contributed by atoms with van der Waals surface area (Å²) in [4.78, 5) is 18.9. The van der Waals surface area contributed by atoms with E-state index in [1.165, 1.54) is 16.4 Å². The maximum Gasteiger partial charge on any atom is 0.248 e. The highest BCUT2D eigenvalue weighted by molar-refractivity contribution is 7.89. The van der Waals surface area contributed by atoms with Gasteiger partial charge in [0.25, 0.3) is 0 Å². The van der Waals surface area contributed by atoms with Gasteiger partial charge in [0.05, 0.1) is 16.7 Å². The van der Waals surface area contributed by atoms with E-state index in [1.54, 1.807) is 6.07 Å². The van der Waals surface area contributed by atoms with Crippen LogP contribution in [0.1, 0.15) is 19.3 Å². The van der Waals surface area contributed by atoms with Crippen LogP contribution in [0.4, 0.5) is 0 Å². The van der Waals surface area contributed by atoms with Crippen molar-refractivity contribution in [2.45, 2.75) is 30.2 Å². The molecule has 0 N–H and O–H groups in total. The number of piperazine rings is 1. The van der Waals surface area contributed by atoms with Crippen LogP contribution in [-0.2, 0) is 19.6 Å². The number of hydrogen-bond donors (Lipinski definition) is 0. The molecule has 2 aliphatic rings. The van der Waals surface area contributed by atoms with Crippen LogP contribution >= 0.6 is 23.2 Å². The molecule has 0 aliphatic carbocycles. The Bertz CT molecular complexity index is 887.